The van der Waals surface area contributed by atoms with Crippen LogP contribution < -0.4 is 51.4 Å². The summed E-state index contributed by atoms with van der Waals surface area (Å²) < 4.78 is 27.7. The summed E-state index contributed by atoms with van der Waals surface area (Å²) in [6.45, 7) is 12.9. The van der Waals surface area contributed by atoms with Crippen molar-refractivity contribution in [3.63, 3.8) is 0 Å². The fraction of sp³-hybridized carbons (Fsp3) is 0.172. The molecule has 0 spiro atoms. The van der Waals surface area contributed by atoms with Crippen molar-refractivity contribution < 1.29 is 78.8 Å². The summed E-state index contributed by atoms with van der Waals surface area (Å²) >= 11 is 17.6. The number of methoxy groups -OCH3 is 4. The van der Waals surface area contributed by atoms with Crippen molar-refractivity contribution in [1.29, 1.82) is 0 Å². The number of phenols is 5. The topological polar surface area (TPSA) is 398 Å². The van der Waals surface area contributed by atoms with Crippen molar-refractivity contribution in [1.82, 2.24) is 24.9 Å². The van der Waals surface area contributed by atoms with Gasteiger partial charge >= 0.3 is 16.3 Å². The summed E-state index contributed by atoms with van der Waals surface area (Å²) in [5.74, 6) is 2.48. The number of aromatic carboxylic acids is 1. The molecular formula is C99H105B3Br5N10O16S. The quantitative estimate of drug-likeness (QED) is 0.0334. The van der Waals surface area contributed by atoms with Gasteiger partial charge in [-0.1, -0.05) is 91.0 Å². The molecule has 134 heavy (non-hydrogen) atoms. The Hall–Kier alpha value is -12.4. The molecular weight excluding hydrogens is 2050 g/mol. The van der Waals surface area contributed by atoms with Gasteiger partial charge in [0.25, 0.3) is 11.8 Å². The Kier molecular flexibility index (Phi) is 50.7. The molecule has 0 saturated carbocycles. The maximum absolute atomic E-state index is 12.5. The van der Waals surface area contributed by atoms with Gasteiger partial charge in [0.1, 0.15) is 51.7 Å². The third-order valence-electron chi connectivity index (χ3n) is 18.4. The molecule has 15 rings (SSSR count). The largest absolute Gasteiger partial charge is 0.508 e. The lowest BCUT2D eigenvalue weighted by Gasteiger charge is -2.11. The van der Waals surface area contributed by atoms with Gasteiger partial charge < -0.3 is 91.4 Å². The fourth-order valence-corrected chi connectivity index (χ4v) is 12.4. The van der Waals surface area contributed by atoms with Gasteiger partial charge in [-0.25, -0.2) is 4.79 Å². The summed E-state index contributed by atoms with van der Waals surface area (Å²) in [6.07, 6.45) is 23.5. The van der Waals surface area contributed by atoms with E-state index in [0.717, 1.165) is 112 Å². The number of hydrogen-bond donors (Lipinski definition) is 13. The number of ether oxygens (including phenoxy) is 5. The molecule has 5 aromatic heterocycles. The Balaban J connectivity index is 0.000000277. The number of nitrogens with one attached hydrogen (secondary N) is 4. The molecule has 14 N–H and O–H groups in total. The van der Waals surface area contributed by atoms with Gasteiger partial charge in [-0.05, 0) is 280 Å². The van der Waals surface area contributed by atoms with Crippen molar-refractivity contribution in [2.45, 2.75) is 60.5 Å². The fourth-order valence-electron chi connectivity index (χ4n) is 11.6. The Morgan fingerprint density at radius 2 is 0.746 bits per heavy atom. The number of rotatable bonds is 19. The molecule has 26 nitrogen and oxygen atoms in total. The van der Waals surface area contributed by atoms with Crippen molar-refractivity contribution in [2.24, 2.45) is 0 Å². The Bertz CT molecular complexity index is 6000. The average Bonchev–Trinajstić information content (AvgIpc) is 0.960. The minimum absolute atomic E-state index is 0. The normalized spacial score (nSPS) is 10.3. The number of amides is 2. The van der Waals surface area contributed by atoms with E-state index in [0.29, 0.717) is 69.7 Å². The van der Waals surface area contributed by atoms with E-state index in [1.807, 2.05) is 120 Å². The van der Waals surface area contributed by atoms with Crippen LogP contribution in [0, 0.1) is 34.6 Å². The highest BCUT2D eigenvalue weighted by Gasteiger charge is 2.15. The molecule has 1 saturated heterocycles. The zero-order chi connectivity index (χ0) is 97.3. The number of anilines is 5. The van der Waals surface area contributed by atoms with Crippen molar-refractivity contribution >= 4 is 161 Å². The van der Waals surface area contributed by atoms with Crippen LogP contribution in [0.3, 0.4) is 0 Å². The highest BCUT2D eigenvalue weighted by Crippen LogP contribution is 2.31. The Labute approximate surface area is 830 Å². The van der Waals surface area contributed by atoms with E-state index in [9.17, 15) is 34.8 Å². The number of carbonyl (C=O) groups is 3. The number of pyridine rings is 5. The molecule has 1 aliphatic heterocycles. The second-order valence-electron chi connectivity index (χ2n) is 28.7. The number of phenolic OH excluding ortho intramolecular Hbond substituents is 5. The highest BCUT2D eigenvalue weighted by molar-refractivity contribution is 9.69. The number of carbonyl (C=O) groups excluding carboxylic acids is 2. The molecule has 0 aliphatic carbocycles. The van der Waals surface area contributed by atoms with Gasteiger partial charge in [0, 0.05) is 121 Å². The van der Waals surface area contributed by atoms with Crippen LogP contribution in [-0.2, 0) is 17.8 Å². The number of halogens is 5. The first-order valence-electron chi connectivity index (χ1n) is 40.7. The molecule has 3 radical (unpaired) electrons. The molecule has 0 bridgehead atoms. The predicted molar refractivity (Wildman–Crippen MR) is 559 cm³/mol. The summed E-state index contributed by atoms with van der Waals surface area (Å²) in [5.41, 5.74) is 23.0. The average molecular weight is 2160 g/mol. The molecule has 14 aromatic rings. The number of nitrogens with two attached hydrogens (primary N) is 1. The third kappa shape index (κ3) is 41.4. The second-order valence-corrected chi connectivity index (χ2v) is 37.8. The van der Waals surface area contributed by atoms with E-state index in [1.165, 1.54) is 44.2 Å². The van der Waals surface area contributed by atoms with Crippen molar-refractivity contribution in [3.05, 3.63) is 345 Å². The van der Waals surface area contributed by atoms with Gasteiger partial charge in [0.05, 0.1) is 74.8 Å². The van der Waals surface area contributed by atoms with Crippen LogP contribution >= 0.6 is 90.9 Å². The first-order chi connectivity index (χ1) is 63.7. The van der Waals surface area contributed by atoms with Crippen LogP contribution in [-0.4, -0.2) is 156 Å². The summed E-state index contributed by atoms with van der Waals surface area (Å²) in [7, 11) is 4.86. The third-order valence-corrected chi connectivity index (χ3v) is 19.3. The SMILES string of the molecule is BrB(Br)Br.C1CCOC1.COc1cc(C(=O)Nc2cncc(-c3cccc(O)c3)c2)ccc1C.COc1cc(C(=O)Nc2cncc(Br)c2)ccc1C.COc1cc(C(=O)O)ccc1C.COc1cc(CNc2cncc(-c3cccc(O)c3)c2)ccc1C.CSC.Cc1ccc(CNc2cncc(-c3cccc(O)c3)c2)cc1O.Nc1cncc(Br)c1.OB(O)c1cccc(O)c1.[B]. The summed E-state index contributed by atoms with van der Waals surface area (Å²) in [4.78, 5) is 55.6. The summed E-state index contributed by atoms with van der Waals surface area (Å²) in [5, 5.41) is 85.5. The van der Waals surface area contributed by atoms with Crippen molar-refractivity contribution in [3.8, 4) is 85.1 Å². The number of benzene rings is 9. The van der Waals surface area contributed by atoms with Gasteiger partial charge in [-0.15, -0.1) is 47.3 Å². The van der Waals surface area contributed by atoms with E-state index in [-0.39, 0.29) is 52.0 Å². The number of nitrogens with zero attached hydrogens (tertiary/aromatic N) is 5. The molecule has 0 unspecified atom stereocenters. The lowest BCUT2D eigenvalue weighted by molar-refractivity contribution is 0.0695. The number of aromatic hydroxyl groups is 5. The van der Waals surface area contributed by atoms with Gasteiger partial charge in [-0.3, -0.25) is 34.5 Å². The standard InChI is InChI=1S/C20H18N2O3.C20H20N2O2.C19H18N2O2.C14H13BrN2O2.C9H10O3.C6H7BO3.C5H5BrN2.C4H8O.C2H6S.BBr3.B/c1-13-6-7-15(10-19(13)25-2)20(24)22-17-8-16(11-21-12-17)14-4-3-5-18(23)9-14;1-14-6-7-15(8-20(14)24-2)11-22-18-9-17(12-21-13-18)16-4-3-5-19(23)10-16;1-13-5-6-14(7-19(13)23)10-21-17-8-16(11-20-12-17)15-3-2-4-18(22)9-15;1-9-3-4-10(5-13(9)19-2)14(18)17-12-6-11(15)7-16-8-12;1-6-3-4-7(9(10)11)5-8(6)12-2;8-6-3-1-2-5(4-6)7(9)10;6-4-1-5(7)3-8-2-4;1-2-4-5-3-1;1-3-2;2-1(3)4;/h3-12,23H,1-2H3,(H,22,24);3-10,12-13,22-23H,11H2,1-2H3;2-9,11-12,21-23H,10H2,1H3;3-8H,1-2H3,(H,17,18);3-5H,1-2H3,(H,10,11);1-4,8-10H;1-3H,7H2;1-4H2;1-2H3;;. The van der Waals surface area contributed by atoms with Crippen LogP contribution in [0.15, 0.2) is 289 Å². The Morgan fingerprint density at radius 3 is 1.09 bits per heavy atom. The van der Waals surface area contributed by atoms with Crippen molar-refractivity contribution in [2.75, 3.05) is 81.2 Å². The number of nitrogen functional groups attached to an aromatic ring is 1. The number of hydrogen-bond acceptors (Lipinski definition) is 24. The smallest absolute Gasteiger partial charge is 0.488 e. The maximum Gasteiger partial charge on any atom is 0.488 e. The molecule has 697 valence electrons. The number of aromatic nitrogens is 5. The van der Waals surface area contributed by atoms with Gasteiger partial charge in [-0.2, -0.15) is 11.8 Å². The van der Waals surface area contributed by atoms with Crippen LogP contribution in [0.1, 0.15) is 82.9 Å². The van der Waals surface area contributed by atoms with E-state index in [4.69, 9.17) is 49.7 Å². The van der Waals surface area contributed by atoms with E-state index >= 15 is 0 Å². The van der Waals surface area contributed by atoms with Crippen LogP contribution in [0.25, 0.3) is 33.4 Å². The Morgan fingerprint density at radius 1 is 0.410 bits per heavy atom. The predicted octanol–water partition coefficient (Wildman–Crippen LogP) is 21.7. The highest BCUT2D eigenvalue weighted by atomic mass is 79.9. The molecule has 2 amide bonds. The lowest BCUT2D eigenvalue weighted by atomic mass is 9.80. The second kappa shape index (κ2) is 60.7. The molecule has 1 fully saturated rings. The molecule has 35 heteroatoms. The number of thioether (sulfide) groups is 1. The molecule has 9 aromatic carbocycles. The minimum Gasteiger partial charge on any atom is -0.508 e. The zero-order valence-electron chi connectivity index (χ0n) is 75.5. The lowest BCUT2D eigenvalue weighted by Crippen LogP contribution is -2.29. The van der Waals surface area contributed by atoms with E-state index in [2.05, 4.69) is 137 Å². The van der Waals surface area contributed by atoms with Gasteiger partial charge in [0.2, 0.25) is 0 Å². The molecule has 0 atom stereocenters. The number of aryl methyl sites for hydroxylation is 5. The maximum atomic E-state index is 12.5. The first-order valence-corrected chi connectivity index (χ1v) is 46.6. The molecule has 6 heterocycles. The first kappa shape index (κ1) is 112. The van der Waals surface area contributed by atoms with Crippen LogP contribution in [0.5, 0.6) is 51.7 Å². The minimum atomic E-state index is -1.51. The van der Waals surface area contributed by atoms with E-state index in [1.54, 1.807) is 204 Å². The van der Waals surface area contributed by atoms with E-state index < -0.39 is 13.1 Å². The summed E-state index contributed by atoms with van der Waals surface area (Å²) in [6, 6.07) is 63.6. The number of carboxylic acid groups (broad SMARTS) is 1. The van der Waals surface area contributed by atoms with Crippen LogP contribution in [0.4, 0.5) is 28.4 Å². The van der Waals surface area contributed by atoms with Gasteiger partial charge in [0.15, 0.2) is 0 Å². The van der Waals surface area contributed by atoms with Crippen LogP contribution in [0.2, 0.25) is 0 Å². The molecule has 1 aliphatic rings. The zero-order valence-corrected chi connectivity index (χ0v) is 84.2. The number of carboxylic acids is 1. The monoisotopic (exact) mass is 2150 g/mol.